The molecule has 2 rings (SSSR count). The van der Waals surface area contributed by atoms with Crippen LogP contribution in [0.1, 0.15) is 0 Å². The van der Waals surface area contributed by atoms with Gasteiger partial charge in [-0.1, -0.05) is 0 Å². The number of aromatic nitrogens is 1. The quantitative estimate of drug-likeness (QED) is 0.577. The van der Waals surface area contributed by atoms with E-state index in [4.69, 9.17) is 10.5 Å². The molecule has 2 N–H and O–H groups in total. The van der Waals surface area contributed by atoms with Crippen LogP contribution in [0.3, 0.4) is 0 Å². The van der Waals surface area contributed by atoms with Crippen LogP contribution in [0, 0.1) is 10.1 Å². The predicted octanol–water partition coefficient (Wildman–Crippen LogP) is -0.662. The smallest absolute Gasteiger partial charge is 0.363 e. The Morgan fingerprint density at radius 1 is 1.55 bits per heavy atom. The van der Waals surface area contributed by atoms with E-state index in [1.54, 1.807) is 0 Å². The van der Waals surface area contributed by atoms with Crippen molar-refractivity contribution < 1.29 is 18.1 Å². The van der Waals surface area contributed by atoms with E-state index in [-0.39, 0.29) is 37.2 Å². The molecule has 1 aromatic rings. The van der Waals surface area contributed by atoms with Crippen LogP contribution in [0.15, 0.2) is 23.2 Å². The highest BCUT2D eigenvalue weighted by Crippen LogP contribution is 2.19. The first kappa shape index (κ1) is 14.8. The number of morpholine rings is 1. The van der Waals surface area contributed by atoms with Crippen LogP contribution < -0.4 is 5.73 Å². The molecule has 1 unspecified atom stereocenters. The van der Waals surface area contributed by atoms with Crippen LogP contribution in [-0.4, -0.2) is 55.0 Å². The molecule has 20 heavy (non-hydrogen) atoms. The number of ether oxygens (including phenoxy) is 1. The Morgan fingerprint density at radius 2 is 2.30 bits per heavy atom. The average Bonchev–Trinajstić information content (AvgIpc) is 2.47. The molecule has 10 heteroatoms. The van der Waals surface area contributed by atoms with Crippen molar-refractivity contribution >= 4 is 15.8 Å². The monoisotopic (exact) mass is 302 g/mol. The lowest BCUT2D eigenvalue weighted by Crippen LogP contribution is -2.48. The molecule has 0 saturated carbocycles. The zero-order chi connectivity index (χ0) is 14.8. The van der Waals surface area contributed by atoms with Crippen LogP contribution in [0.25, 0.3) is 0 Å². The summed E-state index contributed by atoms with van der Waals surface area (Å²) in [5, 5.41) is 10.5. The van der Waals surface area contributed by atoms with Gasteiger partial charge in [-0.25, -0.2) is 8.42 Å². The first-order valence-corrected chi connectivity index (χ1v) is 7.31. The highest BCUT2D eigenvalue weighted by Gasteiger charge is 2.31. The average molecular weight is 302 g/mol. The van der Waals surface area contributed by atoms with E-state index in [0.717, 1.165) is 12.3 Å². The van der Waals surface area contributed by atoms with Crippen molar-refractivity contribution in [2.75, 3.05) is 26.2 Å². The number of nitrogens with two attached hydrogens (primary N) is 1. The molecule has 0 radical (unpaired) electrons. The number of nitrogens with zero attached hydrogens (tertiary/aromatic N) is 3. The molecule has 2 heterocycles. The van der Waals surface area contributed by atoms with Crippen molar-refractivity contribution in [1.29, 1.82) is 0 Å². The standard InChI is InChI=1S/C10H14N4O5S/c11-5-8-7-13(3-4-19-8)20(17,18)9-1-2-10(12-6-9)14(15)16/h1-2,6,8H,3-5,7,11H2. The summed E-state index contributed by atoms with van der Waals surface area (Å²) >= 11 is 0. The summed E-state index contributed by atoms with van der Waals surface area (Å²) < 4.78 is 31.2. The number of rotatable bonds is 4. The molecule has 110 valence electrons. The van der Waals surface area contributed by atoms with Crippen LogP contribution in [-0.2, 0) is 14.8 Å². The van der Waals surface area contributed by atoms with Gasteiger partial charge in [0.2, 0.25) is 10.0 Å². The predicted molar refractivity (Wildman–Crippen MR) is 68.4 cm³/mol. The molecule has 1 atom stereocenters. The number of nitro groups is 1. The first-order valence-electron chi connectivity index (χ1n) is 5.87. The second kappa shape index (κ2) is 5.79. The maximum atomic E-state index is 12.3. The second-order valence-electron chi connectivity index (χ2n) is 4.20. The van der Waals surface area contributed by atoms with Gasteiger partial charge in [-0.15, -0.1) is 0 Å². The fourth-order valence-electron chi connectivity index (χ4n) is 1.84. The van der Waals surface area contributed by atoms with E-state index < -0.39 is 20.8 Å². The molecule has 9 nitrogen and oxygen atoms in total. The number of hydrogen-bond donors (Lipinski definition) is 1. The van der Waals surface area contributed by atoms with Gasteiger partial charge in [0.05, 0.1) is 12.7 Å². The van der Waals surface area contributed by atoms with Gasteiger partial charge in [-0.2, -0.15) is 4.31 Å². The van der Waals surface area contributed by atoms with Gasteiger partial charge in [0, 0.05) is 25.7 Å². The van der Waals surface area contributed by atoms with Crippen LogP contribution in [0.2, 0.25) is 0 Å². The molecule has 0 aliphatic carbocycles. The third-order valence-corrected chi connectivity index (χ3v) is 4.76. The van der Waals surface area contributed by atoms with E-state index in [2.05, 4.69) is 4.98 Å². The van der Waals surface area contributed by atoms with Crippen LogP contribution in [0.5, 0.6) is 0 Å². The molecule has 1 aliphatic rings. The Labute approximate surface area is 115 Å². The topological polar surface area (TPSA) is 129 Å². The summed E-state index contributed by atoms with van der Waals surface area (Å²) in [6.07, 6.45) is 0.643. The summed E-state index contributed by atoms with van der Waals surface area (Å²) in [6, 6.07) is 2.24. The molecule has 1 fully saturated rings. The van der Waals surface area contributed by atoms with Gasteiger partial charge in [0.25, 0.3) is 0 Å². The lowest BCUT2D eigenvalue weighted by Gasteiger charge is -2.31. The van der Waals surface area contributed by atoms with E-state index in [1.165, 1.54) is 10.4 Å². The zero-order valence-electron chi connectivity index (χ0n) is 10.5. The second-order valence-corrected chi connectivity index (χ2v) is 6.14. The van der Waals surface area contributed by atoms with E-state index in [9.17, 15) is 18.5 Å². The summed E-state index contributed by atoms with van der Waals surface area (Å²) in [6.45, 7) is 0.873. The minimum absolute atomic E-state index is 0.0826. The van der Waals surface area contributed by atoms with Gasteiger partial charge in [-0.3, -0.25) is 0 Å². The Morgan fingerprint density at radius 3 is 2.85 bits per heavy atom. The fraction of sp³-hybridized carbons (Fsp3) is 0.500. The van der Waals surface area contributed by atoms with Gasteiger partial charge >= 0.3 is 5.82 Å². The Hall–Kier alpha value is -1.62. The lowest BCUT2D eigenvalue weighted by molar-refractivity contribution is -0.389. The van der Waals surface area contributed by atoms with E-state index >= 15 is 0 Å². The van der Waals surface area contributed by atoms with Crippen molar-refractivity contribution in [3.8, 4) is 0 Å². The van der Waals surface area contributed by atoms with Gasteiger partial charge in [-0.05, 0) is 16.0 Å². The Bertz CT molecular complexity index is 588. The highest BCUT2D eigenvalue weighted by atomic mass is 32.2. The van der Waals surface area contributed by atoms with Gasteiger partial charge in [0.1, 0.15) is 4.90 Å². The molecule has 1 aliphatic heterocycles. The van der Waals surface area contributed by atoms with Gasteiger partial charge in [0.15, 0.2) is 6.20 Å². The molecule has 0 aromatic carbocycles. The lowest BCUT2D eigenvalue weighted by atomic mass is 10.3. The summed E-state index contributed by atoms with van der Waals surface area (Å²) in [7, 11) is -3.73. The first-order chi connectivity index (χ1) is 9.45. The summed E-state index contributed by atoms with van der Waals surface area (Å²) in [5.41, 5.74) is 5.47. The zero-order valence-corrected chi connectivity index (χ0v) is 11.3. The van der Waals surface area contributed by atoms with E-state index in [0.29, 0.717) is 0 Å². The van der Waals surface area contributed by atoms with Gasteiger partial charge < -0.3 is 20.6 Å². The number of hydrogen-bond acceptors (Lipinski definition) is 7. The Balaban J connectivity index is 2.23. The van der Waals surface area contributed by atoms with Crippen LogP contribution in [0.4, 0.5) is 5.82 Å². The number of sulfonamides is 1. The maximum absolute atomic E-state index is 12.3. The highest BCUT2D eigenvalue weighted by molar-refractivity contribution is 7.89. The number of pyridine rings is 1. The SMILES string of the molecule is NCC1CN(S(=O)(=O)c2ccc([N+](=O)[O-])nc2)CCO1. The van der Waals surface area contributed by atoms with Crippen molar-refractivity contribution in [2.24, 2.45) is 5.73 Å². The minimum Gasteiger partial charge on any atom is -0.374 e. The molecular formula is C10H14N4O5S. The third-order valence-electron chi connectivity index (χ3n) is 2.91. The van der Waals surface area contributed by atoms with Crippen molar-refractivity contribution in [3.63, 3.8) is 0 Å². The molecular weight excluding hydrogens is 288 g/mol. The largest absolute Gasteiger partial charge is 0.374 e. The minimum atomic E-state index is -3.73. The third kappa shape index (κ3) is 2.93. The van der Waals surface area contributed by atoms with Crippen LogP contribution >= 0.6 is 0 Å². The normalized spacial score (nSPS) is 20.8. The van der Waals surface area contributed by atoms with E-state index in [1.807, 2.05) is 0 Å². The molecule has 0 amide bonds. The van der Waals surface area contributed by atoms with Crippen molar-refractivity contribution in [3.05, 3.63) is 28.4 Å². The molecule has 1 saturated heterocycles. The summed E-state index contributed by atoms with van der Waals surface area (Å²) in [5.74, 6) is -0.397. The van der Waals surface area contributed by atoms with Crippen molar-refractivity contribution in [2.45, 2.75) is 11.0 Å². The fourth-order valence-corrected chi connectivity index (χ4v) is 3.24. The summed E-state index contributed by atoms with van der Waals surface area (Å²) in [4.78, 5) is 13.2. The molecule has 1 aromatic heterocycles. The Kier molecular flexibility index (Phi) is 4.28. The molecule has 0 spiro atoms. The maximum Gasteiger partial charge on any atom is 0.363 e. The molecule has 0 bridgehead atoms. The van der Waals surface area contributed by atoms with Crippen molar-refractivity contribution in [1.82, 2.24) is 9.29 Å².